The van der Waals surface area contributed by atoms with Gasteiger partial charge in [-0.3, -0.25) is 9.59 Å². The van der Waals surface area contributed by atoms with Crippen molar-refractivity contribution in [2.75, 3.05) is 6.54 Å². The van der Waals surface area contributed by atoms with Crippen molar-refractivity contribution in [2.45, 2.75) is 59.2 Å². The van der Waals surface area contributed by atoms with Crippen LogP contribution in [0.2, 0.25) is 0 Å². The minimum Gasteiger partial charge on any atom is -0.481 e. The number of halogens is 1. The second-order valence-electron chi connectivity index (χ2n) is 8.67. The average Bonchev–Trinajstić information content (AvgIpc) is 2.72. The van der Waals surface area contributed by atoms with Gasteiger partial charge in [-0.05, 0) is 68.1 Å². The average molecular weight is 427 g/mol. The molecule has 2 atom stereocenters. The number of fused-ring (bicyclic) bond motifs is 1. The van der Waals surface area contributed by atoms with Gasteiger partial charge in [-0.1, -0.05) is 32.0 Å². The Morgan fingerprint density at radius 3 is 2.35 bits per heavy atom. The number of hydrogen-bond donors (Lipinski definition) is 1. The van der Waals surface area contributed by atoms with Crippen LogP contribution in [-0.2, 0) is 16.0 Å². The molecule has 0 saturated carbocycles. The Bertz CT molecular complexity index is 940. The van der Waals surface area contributed by atoms with E-state index >= 15 is 0 Å². The molecular formula is C25H31FN2O3. The van der Waals surface area contributed by atoms with Crippen LogP contribution < -0.4 is 10.1 Å². The molecule has 0 saturated heterocycles. The fourth-order valence-corrected chi connectivity index (χ4v) is 3.90. The van der Waals surface area contributed by atoms with Crippen LogP contribution in [0.3, 0.4) is 0 Å². The third-order valence-corrected chi connectivity index (χ3v) is 5.42. The number of hydrogen-bond acceptors (Lipinski definition) is 3. The molecule has 31 heavy (non-hydrogen) atoms. The second kappa shape index (κ2) is 9.50. The van der Waals surface area contributed by atoms with Gasteiger partial charge in [0.05, 0.1) is 6.04 Å². The molecule has 0 aliphatic carbocycles. The number of carbonyl (C=O) groups excluding carboxylic acids is 2. The Balaban J connectivity index is 1.97. The third kappa shape index (κ3) is 5.24. The van der Waals surface area contributed by atoms with Crippen molar-refractivity contribution >= 4 is 11.8 Å². The molecule has 0 aromatic heterocycles. The first-order chi connectivity index (χ1) is 14.7. The number of ether oxygens (including phenoxy) is 1. The maximum absolute atomic E-state index is 13.6. The lowest BCUT2D eigenvalue weighted by atomic mass is 9.87. The van der Waals surface area contributed by atoms with E-state index in [2.05, 4.69) is 5.32 Å². The van der Waals surface area contributed by atoms with Crippen LogP contribution >= 0.6 is 0 Å². The number of rotatable bonds is 6. The molecule has 1 N–H and O–H groups in total. The Morgan fingerprint density at radius 2 is 1.74 bits per heavy atom. The second-order valence-corrected chi connectivity index (χ2v) is 8.67. The molecule has 0 radical (unpaired) electrons. The number of amides is 2. The van der Waals surface area contributed by atoms with Crippen molar-refractivity contribution < 1.29 is 18.7 Å². The molecule has 6 heteroatoms. The van der Waals surface area contributed by atoms with Crippen LogP contribution in [0.15, 0.2) is 42.5 Å². The molecule has 5 nitrogen and oxygen atoms in total. The van der Waals surface area contributed by atoms with Crippen molar-refractivity contribution in [2.24, 2.45) is 5.92 Å². The van der Waals surface area contributed by atoms with E-state index < -0.39 is 6.10 Å². The van der Waals surface area contributed by atoms with Gasteiger partial charge in [0.2, 0.25) is 5.91 Å². The standard InChI is InChI=1S/C25H31FN2O3/c1-15(2)25(30)28-13-12-18-8-11-21(31-17(5)24(29)27-16(3)4)14-22(18)23(28)19-6-9-20(26)10-7-19/h6-11,14-17,23H,12-13H2,1-5H3,(H,27,29)/t17-,23+/m1/s1. The SMILES string of the molecule is CC(C)NC(=O)[C@@H](C)Oc1ccc2c(c1)[C@H](c1ccc(F)cc1)N(C(=O)C(C)C)CC2. The first kappa shape index (κ1) is 22.8. The lowest BCUT2D eigenvalue weighted by molar-refractivity contribution is -0.136. The van der Waals surface area contributed by atoms with Gasteiger partial charge < -0.3 is 15.0 Å². The van der Waals surface area contributed by atoms with E-state index in [1.54, 1.807) is 19.1 Å². The highest BCUT2D eigenvalue weighted by Crippen LogP contribution is 2.38. The third-order valence-electron chi connectivity index (χ3n) is 5.42. The fourth-order valence-electron chi connectivity index (χ4n) is 3.90. The first-order valence-corrected chi connectivity index (χ1v) is 10.8. The Morgan fingerprint density at radius 1 is 1.06 bits per heavy atom. The van der Waals surface area contributed by atoms with Crippen LogP contribution in [0.1, 0.15) is 57.4 Å². The lowest BCUT2D eigenvalue weighted by Crippen LogP contribution is -2.42. The molecule has 1 heterocycles. The number of nitrogens with one attached hydrogen (secondary N) is 1. The maximum Gasteiger partial charge on any atom is 0.260 e. The number of carbonyl (C=O) groups is 2. The van der Waals surface area contributed by atoms with Gasteiger partial charge in [-0.15, -0.1) is 0 Å². The Hall–Kier alpha value is -2.89. The Kier molecular flexibility index (Phi) is 6.98. The van der Waals surface area contributed by atoms with E-state index in [9.17, 15) is 14.0 Å². The lowest BCUT2D eigenvalue weighted by Gasteiger charge is -2.39. The van der Waals surface area contributed by atoms with Crippen LogP contribution in [0, 0.1) is 11.7 Å². The van der Waals surface area contributed by atoms with Gasteiger partial charge in [0.1, 0.15) is 11.6 Å². The topological polar surface area (TPSA) is 58.6 Å². The van der Waals surface area contributed by atoms with Gasteiger partial charge in [0, 0.05) is 18.5 Å². The largest absolute Gasteiger partial charge is 0.481 e. The molecule has 1 aliphatic rings. The quantitative estimate of drug-likeness (QED) is 0.751. The van der Waals surface area contributed by atoms with Crippen molar-refractivity contribution in [1.82, 2.24) is 10.2 Å². The number of nitrogens with zero attached hydrogens (tertiary/aromatic N) is 1. The van der Waals surface area contributed by atoms with Crippen LogP contribution in [0.5, 0.6) is 5.75 Å². The molecule has 0 bridgehead atoms. The summed E-state index contributed by atoms with van der Waals surface area (Å²) in [6.45, 7) is 9.87. The van der Waals surface area contributed by atoms with Crippen LogP contribution in [0.4, 0.5) is 4.39 Å². The molecule has 0 fully saturated rings. The highest BCUT2D eigenvalue weighted by molar-refractivity contribution is 5.81. The van der Waals surface area contributed by atoms with Crippen molar-refractivity contribution in [3.8, 4) is 5.75 Å². The molecule has 166 valence electrons. The first-order valence-electron chi connectivity index (χ1n) is 10.8. The van der Waals surface area contributed by atoms with E-state index in [-0.39, 0.29) is 35.6 Å². The smallest absolute Gasteiger partial charge is 0.260 e. The van der Waals surface area contributed by atoms with Gasteiger partial charge in [-0.25, -0.2) is 4.39 Å². The minimum absolute atomic E-state index is 0.0283. The van der Waals surface area contributed by atoms with E-state index in [0.717, 1.165) is 23.1 Å². The Labute approximate surface area is 183 Å². The predicted octanol–water partition coefficient (Wildman–Crippen LogP) is 4.25. The van der Waals surface area contributed by atoms with Crippen LogP contribution in [-0.4, -0.2) is 35.4 Å². The summed E-state index contributed by atoms with van der Waals surface area (Å²) in [6, 6.07) is 11.7. The summed E-state index contributed by atoms with van der Waals surface area (Å²) >= 11 is 0. The molecule has 2 aromatic rings. The van der Waals surface area contributed by atoms with E-state index in [0.29, 0.717) is 12.3 Å². The van der Waals surface area contributed by atoms with E-state index in [1.807, 2.05) is 50.8 Å². The molecule has 0 spiro atoms. The van der Waals surface area contributed by atoms with Gasteiger partial charge in [-0.2, -0.15) is 0 Å². The van der Waals surface area contributed by atoms with Crippen molar-refractivity contribution in [3.63, 3.8) is 0 Å². The summed E-state index contributed by atoms with van der Waals surface area (Å²) in [5.41, 5.74) is 2.91. The highest BCUT2D eigenvalue weighted by Gasteiger charge is 2.33. The maximum atomic E-state index is 13.6. The molecule has 0 unspecified atom stereocenters. The summed E-state index contributed by atoms with van der Waals surface area (Å²) in [6.07, 6.45) is 0.0801. The molecule has 2 aromatic carbocycles. The zero-order valence-corrected chi connectivity index (χ0v) is 18.8. The highest BCUT2D eigenvalue weighted by atomic mass is 19.1. The van der Waals surface area contributed by atoms with Gasteiger partial charge in [0.25, 0.3) is 5.91 Å². The van der Waals surface area contributed by atoms with Crippen LogP contribution in [0.25, 0.3) is 0 Å². The molecule has 3 rings (SSSR count). The minimum atomic E-state index is -0.651. The predicted molar refractivity (Wildman–Crippen MR) is 118 cm³/mol. The van der Waals surface area contributed by atoms with E-state index in [1.165, 1.54) is 12.1 Å². The van der Waals surface area contributed by atoms with Gasteiger partial charge in [0.15, 0.2) is 6.10 Å². The number of benzene rings is 2. The molecular weight excluding hydrogens is 395 g/mol. The summed E-state index contributed by atoms with van der Waals surface area (Å²) in [5, 5.41) is 2.85. The fraction of sp³-hybridized carbons (Fsp3) is 0.440. The van der Waals surface area contributed by atoms with E-state index in [4.69, 9.17) is 4.74 Å². The van der Waals surface area contributed by atoms with Crippen molar-refractivity contribution in [1.29, 1.82) is 0 Å². The monoisotopic (exact) mass is 426 g/mol. The summed E-state index contributed by atoms with van der Waals surface area (Å²) in [7, 11) is 0. The molecule has 2 amide bonds. The molecule has 1 aliphatic heterocycles. The zero-order valence-electron chi connectivity index (χ0n) is 18.8. The summed E-state index contributed by atoms with van der Waals surface area (Å²) in [5.74, 6) is -0.0289. The zero-order chi connectivity index (χ0) is 22.7. The van der Waals surface area contributed by atoms with Gasteiger partial charge >= 0.3 is 0 Å². The normalized spacial score (nSPS) is 16.8. The summed E-state index contributed by atoms with van der Waals surface area (Å²) in [4.78, 5) is 27.1. The van der Waals surface area contributed by atoms with Crippen molar-refractivity contribution in [3.05, 3.63) is 65.0 Å². The summed E-state index contributed by atoms with van der Waals surface area (Å²) < 4.78 is 19.5.